The second kappa shape index (κ2) is 5.55. The highest BCUT2D eigenvalue weighted by atomic mass is 28.4. The lowest BCUT2D eigenvalue weighted by molar-refractivity contribution is 0.334. The summed E-state index contributed by atoms with van der Waals surface area (Å²) in [5.41, 5.74) is 0. The summed E-state index contributed by atoms with van der Waals surface area (Å²) in [6, 6.07) is 0. The largest absolute Gasteiger partial charge is 0.406 e. The van der Waals surface area contributed by atoms with Gasteiger partial charge >= 0.3 is 0 Å². The number of hydrogen-bond donors (Lipinski definition) is 1. The van der Waals surface area contributed by atoms with Crippen molar-refractivity contribution in [3.63, 3.8) is 0 Å². The normalized spacial score (nSPS) is 12.1. The van der Waals surface area contributed by atoms with Crippen molar-refractivity contribution in [2.45, 2.75) is 38.9 Å². The summed E-state index contributed by atoms with van der Waals surface area (Å²) < 4.78 is 5.88. The first kappa shape index (κ1) is 13.7. The molecule has 0 amide bonds. The summed E-state index contributed by atoms with van der Waals surface area (Å²) >= 11 is 0. The van der Waals surface area contributed by atoms with Crippen molar-refractivity contribution in [1.82, 2.24) is 5.32 Å². The van der Waals surface area contributed by atoms with Gasteiger partial charge < -0.3 is 9.74 Å². The molecule has 0 aromatic rings. The zero-order chi connectivity index (χ0) is 11.2. The van der Waals surface area contributed by atoms with Gasteiger partial charge in [-0.15, -0.1) is 0 Å². The van der Waals surface area contributed by atoms with Crippen molar-refractivity contribution in [3.8, 4) is 11.8 Å². The van der Waals surface area contributed by atoms with Gasteiger partial charge in [-0.1, -0.05) is 32.6 Å². The maximum Gasteiger partial charge on any atom is 0.193 e. The Kier molecular flexibility index (Phi) is 5.43. The fourth-order valence-corrected chi connectivity index (χ4v) is 1.50. The van der Waals surface area contributed by atoms with Crippen LogP contribution in [0.25, 0.3) is 0 Å². The molecule has 0 radical (unpaired) electrons. The third-order valence-electron chi connectivity index (χ3n) is 2.70. The topological polar surface area (TPSA) is 21.3 Å². The van der Waals surface area contributed by atoms with E-state index in [4.69, 9.17) is 4.43 Å². The van der Waals surface area contributed by atoms with Gasteiger partial charge in [-0.2, -0.15) is 0 Å². The molecule has 14 heavy (non-hydrogen) atoms. The maximum absolute atomic E-state index is 5.88. The summed E-state index contributed by atoms with van der Waals surface area (Å²) in [7, 11) is 0.304. The molecule has 0 unspecified atom stereocenters. The molecular formula is C11H23NOSi. The quantitative estimate of drug-likeness (QED) is 0.573. The molecule has 0 atom stereocenters. The Labute approximate surface area is 89.6 Å². The van der Waals surface area contributed by atoms with Crippen LogP contribution in [0.1, 0.15) is 20.8 Å². The smallest absolute Gasteiger partial charge is 0.193 e. The number of nitrogens with one attached hydrogen (secondary N) is 1. The van der Waals surface area contributed by atoms with E-state index >= 15 is 0 Å². The van der Waals surface area contributed by atoms with Gasteiger partial charge in [-0.25, -0.2) is 0 Å². The van der Waals surface area contributed by atoms with E-state index < -0.39 is 8.32 Å². The van der Waals surface area contributed by atoms with Gasteiger partial charge in [0.2, 0.25) is 0 Å². The van der Waals surface area contributed by atoms with E-state index in [0.717, 1.165) is 6.54 Å². The highest BCUT2D eigenvalue weighted by Gasteiger charge is 2.36. The molecule has 0 aromatic heterocycles. The van der Waals surface area contributed by atoms with Crippen LogP contribution in [0.2, 0.25) is 18.1 Å². The molecule has 0 aliphatic carbocycles. The van der Waals surface area contributed by atoms with Crippen molar-refractivity contribution in [2.75, 3.05) is 20.2 Å². The summed E-state index contributed by atoms with van der Waals surface area (Å²) in [5, 5.41) is 3.25. The second-order valence-electron chi connectivity index (χ2n) is 4.93. The Morgan fingerprint density at radius 1 is 1.21 bits per heavy atom. The van der Waals surface area contributed by atoms with Crippen LogP contribution in [0.5, 0.6) is 0 Å². The average molecular weight is 213 g/mol. The van der Waals surface area contributed by atoms with Crippen molar-refractivity contribution < 1.29 is 4.43 Å². The van der Waals surface area contributed by atoms with Crippen molar-refractivity contribution in [3.05, 3.63) is 0 Å². The molecule has 1 N–H and O–H groups in total. The minimum Gasteiger partial charge on any atom is -0.406 e. The summed E-state index contributed by atoms with van der Waals surface area (Å²) in [6.45, 7) is 12.5. The van der Waals surface area contributed by atoms with Crippen molar-refractivity contribution in [2.24, 2.45) is 0 Å². The van der Waals surface area contributed by atoms with Gasteiger partial charge in [0.1, 0.15) is 0 Å². The number of hydrogen-bond acceptors (Lipinski definition) is 2. The molecule has 0 bridgehead atoms. The lowest BCUT2D eigenvalue weighted by Crippen LogP contribution is -2.40. The third kappa shape index (κ3) is 4.80. The maximum atomic E-state index is 5.88. The Hall–Kier alpha value is -0.303. The Morgan fingerprint density at radius 3 is 2.21 bits per heavy atom. The van der Waals surface area contributed by atoms with E-state index in [2.05, 4.69) is 51.0 Å². The summed E-state index contributed by atoms with van der Waals surface area (Å²) in [6.07, 6.45) is 0. The first-order valence-corrected chi connectivity index (χ1v) is 7.96. The van der Waals surface area contributed by atoms with E-state index in [9.17, 15) is 0 Å². The fourth-order valence-electron chi connectivity index (χ4n) is 0.635. The van der Waals surface area contributed by atoms with Gasteiger partial charge in [0.15, 0.2) is 8.32 Å². The highest BCUT2D eigenvalue weighted by Crippen LogP contribution is 2.36. The van der Waals surface area contributed by atoms with Crippen LogP contribution < -0.4 is 5.32 Å². The molecule has 0 aromatic carbocycles. The van der Waals surface area contributed by atoms with Gasteiger partial charge in [-0.3, -0.25) is 0 Å². The molecule has 3 heteroatoms. The molecule has 2 nitrogen and oxygen atoms in total. The molecule has 0 aliphatic rings. The summed E-state index contributed by atoms with van der Waals surface area (Å²) in [5.74, 6) is 6.01. The zero-order valence-corrected chi connectivity index (χ0v) is 11.3. The molecule has 0 rings (SSSR count). The standard InChI is InChI=1S/C11H23NOSi/c1-11(2,3)14(5,6)13-10-8-7-9-12-4/h12H,9-10H2,1-6H3. The highest BCUT2D eigenvalue weighted by molar-refractivity contribution is 6.74. The van der Waals surface area contributed by atoms with Crippen LogP contribution in [-0.2, 0) is 4.43 Å². The minimum atomic E-state index is -1.59. The molecule has 0 aliphatic heterocycles. The van der Waals surface area contributed by atoms with E-state index in [-0.39, 0.29) is 5.04 Å². The Balaban J connectivity index is 3.97. The van der Waals surface area contributed by atoms with Crippen LogP contribution in [0.4, 0.5) is 0 Å². The first-order chi connectivity index (χ1) is 6.31. The summed E-state index contributed by atoms with van der Waals surface area (Å²) in [4.78, 5) is 0. The molecule has 0 saturated carbocycles. The van der Waals surface area contributed by atoms with Gasteiger partial charge in [0, 0.05) is 0 Å². The van der Waals surface area contributed by atoms with E-state index in [0.29, 0.717) is 6.61 Å². The zero-order valence-electron chi connectivity index (χ0n) is 10.3. The predicted octanol–water partition coefficient (Wildman–Crippen LogP) is 2.23. The van der Waals surface area contributed by atoms with Crippen molar-refractivity contribution >= 4 is 8.32 Å². The van der Waals surface area contributed by atoms with Crippen molar-refractivity contribution in [1.29, 1.82) is 0 Å². The molecular weight excluding hydrogens is 190 g/mol. The van der Waals surface area contributed by atoms with Crippen LogP contribution in [0.15, 0.2) is 0 Å². The number of rotatable bonds is 3. The van der Waals surface area contributed by atoms with Gasteiger partial charge in [-0.05, 0) is 25.2 Å². The van der Waals surface area contributed by atoms with Gasteiger partial charge in [0.05, 0.1) is 13.2 Å². The molecule has 0 fully saturated rings. The second-order valence-corrected chi connectivity index (χ2v) is 9.74. The molecule has 82 valence electrons. The SMILES string of the molecule is CNCC#CCO[Si](C)(C)C(C)(C)C. The lowest BCUT2D eigenvalue weighted by Gasteiger charge is -2.35. The Morgan fingerprint density at radius 2 is 1.79 bits per heavy atom. The van der Waals surface area contributed by atoms with Crippen LogP contribution in [0.3, 0.4) is 0 Å². The third-order valence-corrected chi connectivity index (χ3v) is 7.18. The molecule has 0 spiro atoms. The van der Waals surface area contributed by atoms with Crippen LogP contribution in [0, 0.1) is 11.8 Å². The van der Waals surface area contributed by atoms with Crippen LogP contribution >= 0.6 is 0 Å². The van der Waals surface area contributed by atoms with E-state index in [1.807, 2.05) is 7.05 Å². The average Bonchev–Trinajstić information content (AvgIpc) is 2.02. The monoisotopic (exact) mass is 213 g/mol. The Bertz CT molecular complexity index is 220. The lowest BCUT2D eigenvalue weighted by atomic mass is 10.2. The molecule has 0 saturated heterocycles. The minimum absolute atomic E-state index is 0.275. The fraction of sp³-hybridized carbons (Fsp3) is 0.818. The molecule has 0 heterocycles. The predicted molar refractivity (Wildman–Crippen MR) is 64.9 cm³/mol. The van der Waals surface area contributed by atoms with E-state index in [1.165, 1.54) is 0 Å². The van der Waals surface area contributed by atoms with Crippen LogP contribution in [-0.4, -0.2) is 28.5 Å². The first-order valence-electron chi connectivity index (χ1n) is 5.05. The van der Waals surface area contributed by atoms with Gasteiger partial charge in [0.25, 0.3) is 0 Å². The van der Waals surface area contributed by atoms with E-state index in [1.54, 1.807) is 0 Å².